The molecule has 1 saturated carbocycles. The Kier molecular flexibility index (Phi) is 4.98. The van der Waals surface area contributed by atoms with E-state index in [1.54, 1.807) is 11.3 Å². The molecule has 2 rings (SSSR count). The first kappa shape index (κ1) is 14.9. The molecule has 1 aromatic heterocycles. The first-order valence-electron chi connectivity index (χ1n) is 7.46. The normalized spacial score (nSPS) is 20.1. The van der Waals surface area contributed by atoms with Gasteiger partial charge < -0.3 is 5.11 Å². The Balaban J connectivity index is 2.14. The van der Waals surface area contributed by atoms with Crippen LogP contribution in [0.2, 0.25) is 0 Å². The lowest BCUT2D eigenvalue weighted by Gasteiger charge is -2.44. The molecule has 0 bridgehead atoms. The standard InChI is InChI=1S/C15H26N2OS/c1-4-17(5-2)15(8-6-7-9-15)14(18)10-13-11-19-12(3)16-13/h11,14,18H,4-10H2,1-3H3. The molecule has 0 amide bonds. The number of nitrogens with zero attached hydrogens (tertiary/aromatic N) is 2. The minimum Gasteiger partial charge on any atom is -0.391 e. The Morgan fingerprint density at radius 1 is 1.37 bits per heavy atom. The summed E-state index contributed by atoms with van der Waals surface area (Å²) in [6.07, 6.45) is 5.13. The molecule has 1 aliphatic carbocycles. The highest BCUT2D eigenvalue weighted by molar-refractivity contribution is 7.09. The fourth-order valence-electron chi connectivity index (χ4n) is 3.59. The highest BCUT2D eigenvalue weighted by atomic mass is 32.1. The van der Waals surface area contributed by atoms with Crippen LogP contribution in [0.25, 0.3) is 0 Å². The highest BCUT2D eigenvalue weighted by Crippen LogP contribution is 2.39. The van der Waals surface area contributed by atoms with Gasteiger partial charge in [-0.15, -0.1) is 11.3 Å². The number of aliphatic hydroxyl groups excluding tert-OH is 1. The summed E-state index contributed by atoms with van der Waals surface area (Å²) in [7, 11) is 0. The Morgan fingerprint density at radius 2 is 2.00 bits per heavy atom. The van der Waals surface area contributed by atoms with Crippen LogP contribution < -0.4 is 0 Å². The monoisotopic (exact) mass is 282 g/mol. The van der Waals surface area contributed by atoms with Gasteiger partial charge in [0.1, 0.15) is 0 Å². The molecule has 1 atom stereocenters. The van der Waals surface area contributed by atoms with E-state index < -0.39 is 0 Å². The van der Waals surface area contributed by atoms with Crippen molar-refractivity contribution in [3.63, 3.8) is 0 Å². The van der Waals surface area contributed by atoms with Gasteiger partial charge in [0.25, 0.3) is 0 Å². The van der Waals surface area contributed by atoms with Gasteiger partial charge in [0, 0.05) is 17.3 Å². The van der Waals surface area contributed by atoms with Crippen molar-refractivity contribution >= 4 is 11.3 Å². The van der Waals surface area contributed by atoms with E-state index in [9.17, 15) is 5.11 Å². The zero-order valence-corrected chi connectivity index (χ0v) is 13.2. The zero-order valence-electron chi connectivity index (χ0n) is 12.4. The molecule has 1 fully saturated rings. The molecule has 19 heavy (non-hydrogen) atoms. The van der Waals surface area contributed by atoms with Crippen LogP contribution in [-0.4, -0.2) is 39.7 Å². The molecule has 1 aromatic rings. The summed E-state index contributed by atoms with van der Waals surface area (Å²) in [6, 6.07) is 0. The van der Waals surface area contributed by atoms with Crippen molar-refractivity contribution in [2.24, 2.45) is 0 Å². The maximum Gasteiger partial charge on any atom is 0.0897 e. The van der Waals surface area contributed by atoms with Crippen molar-refractivity contribution < 1.29 is 5.11 Å². The minimum absolute atomic E-state index is 0.0129. The molecule has 0 aliphatic heterocycles. The Bertz CT molecular complexity index is 395. The van der Waals surface area contributed by atoms with E-state index in [2.05, 4.69) is 29.1 Å². The lowest BCUT2D eigenvalue weighted by Crippen LogP contribution is -2.55. The molecule has 1 unspecified atom stereocenters. The summed E-state index contributed by atoms with van der Waals surface area (Å²) in [6.45, 7) is 8.45. The topological polar surface area (TPSA) is 36.4 Å². The Hall–Kier alpha value is -0.450. The molecule has 3 nitrogen and oxygen atoms in total. The van der Waals surface area contributed by atoms with Crippen LogP contribution in [0.4, 0.5) is 0 Å². The van der Waals surface area contributed by atoms with Gasteiger partial charge >= 0.3 is 0 Å². The van der Waals surface area contributed by atoms with Gasteiger partial charge in [0.15, 0.2) is 0 Å². The van der Waals surface area contributed by atoms with Crippen molar-refractivity contribution in [2.75, 3.05) is 13.1 Å². The van der Waals surface area contributed by atoms with Crippen molar-refractivity contribution in [1.82, 2.24) is 9.88 Å². The zero-order chi connectivity index (χ0) is 13.9. The van der Waals surface area contributed by atoms with Gasteiger partial charge in [-0.2, -0.15) is 0 Å². The second-order valence-corrected chi connectivity index (χ2v) is 6.62. The minimum atomic E-state index is -0.295. The summed E-state index contributed by atoms with van der Waals surface area (Å²) in [4.78, 5) is 6.97. The smallest absolute Gasteiger partial charge is 0.0897 e. The predicted molar refractivity (Wildman–Crippen MR) is 80.7 cm³/mol. The third-order valence-electron chi connectivity index (χ3n) is 4.55. The summed E-state index contributed by atoms with van der Waals surface area (Å²) >= 11 is 1.67. The average Bonchev–Trinajstić information content (AvgIpc) is 3.01. The van der Waals surface area contributed by atoms with Gasteiger partial charge in [-0.25, -0.2) is 4.98 Å². The van der Waals surface area contributed by atoms with Crippen LogP contribution in [0.1, 0.15) is 50.2 Å². The van der Waals surface area contributed by atoms with Crippen LogP contribution in [0.5, 0.6) is 0 Å². The van der Waals surface area contributed by atoms with Gasteiger partial charge in [0.2, 0.25) is 0 Å². The van der Waals surface area contributed by atoms with E-state index in [0.717, 1.165) is 36.6 Å². The number of likely N-dealkylation sites (N-methyl/N-ethyl adjacent to an activating group) is 1. The van der Waals surface area contributed by atoms with E-state index in [-0.39, 0.29) is 11.6 Å². The first-order chi connectivity index (χ1) is 9.12. The molecule has 4 heteroatoms. The van der Waals surface area contributed by atoms with Gasteiger partial charge in [-0.1, -0.05) is 26.7 Å². The second-order valence-electron chi connectivity index (χ2n) is 5.56. The molecule has 1 heterocycles. The molecule has 108 valence electrons. The molecule has 1 N–H and O–H groups in total. The lowest BCUT2D eigenvalue weighted by molar-refractivity contribution is -0.0248. The van der Waals surface area contributed by atoms with E-state index in [0.29, 0.717) is 6.42 Å². The van der Waals surface area contributed by atoms with E-state index >= 15 is 0 Å². The third-order valence-corrected chi connectivity index (χ3v) is 5.37. The van der Waals surface area contributed by atoms with Gasteiger partial charge in [-0.05, 0) is 32.9 Å². The highest BCUT2D eigenvalue weighted by Gasteiger charge is 2.44. The number of aliphatic hydroxyl groups is 1. The maximum atomic E-state index is 10.8. The number of aryl methyl sites for hydroxylation is 1. The number of hydrogen-bond acceptors (Lipinski definition) is 4. The SMILES string of the molecule is CCN(CC)C1(C(O)Cc2csc(C)n2)CCCC1. The quantitative estimate of drug-likeness (QED) is 0.871. The first-order valence-corrected chi connectivity index (χ1v) is 8.34. The van der Waals surface area contributed by atoms with Crippen LogP contribution >= 0.6 is 11.3 Å². The fourth-order valence-corrected chi connectivity index (χ4v) is 4.22. The van der Waals surface area contributed by atoms with Crippen LogP contribution in [-0.2, 0) is 6.42 Å². The summed E-state index contributed by atoms with van der Waals surface area (Å²) in [5.74, 6) is 0. The molecule has 0 saturated heterocycles. The summed E-state index contributed by atoms with van der Waals surface area (Å²) < 4.78 is 0. The molecule has 1 aliphatic rings. The van der Waals surface area contributed by atoms with Crippen molar-refractivity contribution in [3.05, 3.63) is 16.1 Å². The summed E-state index contributed by atoms with van der Waals surface area (Å²) in [5, 5.41) is 14.0. The number of aromatic nitrogens is 1. The Labute approximate surface area is 120 Å². The number of rotatable bonds is 6. The predicted octanol–water partition coefficient (Wildman–Crippen LogP) is 3.01. The largest absolute Gasteiger partial charge is 0.391 e. The van der Waals surface area contributed by atoms with E-state index in [4.69, 9.17) is 0 Å². The van der Waals surface area contributed by atoms with Crippen LogP contribution in [0, 0.1) is 6.92 Å². The lowest BCUT2D eigenvalue weighted by atomic mass is 9.85. The van der Waals surface area contributed by atoms with Crippen molar-refractivity contribution in [3.8, 4) is 0 Å². The van der Waals surface area contributed by atoms with Gasteiger partial charge in [-0.3, -0.25) is 4.90 Å². The van der Waals surface area contributed by atoms with Gasteiger partial charge in [0.05, 0.1) is 16.8 Å². The van der Waals surface area contributed by atoms with E-state index in [1.165, 1.54) is 12.8 Å². The maximum absolute atomic E-state index is 10.8. The van der Waals surface area contributed by atoms with Crippen molar-refractivity contribution in [2.45, 2.75) is 64.5 Å². The van der Waals surface area contributed by atoms with Crippen LogP contribution in [0.3, 0.4) is 0 Å². The Morgan fingerprint density at radius 3 is 2.47 bits per heavy atom. The molecular formula is C15H26N2OS. The van der Waals surface area contributed by atoms with E-state index in [1.807, 2.05) is 6.92 Å². The second kappa shape index (κ2) is 6.33. The third kappa shape index (κ3) is 3.01. The number of hydrogen-bond donors (Lipinski definition) is 1. The van der Waals surface area contributed by atoms with Crippen LogP contribution in [0.15, 0.2) is 5.38 Å². The molecular weight excluding hydrogens is 256 g/mol. The molecule has 0 radical (unpaired) electrons. The molecule has 0 spiro atoms. The number of thiazole rings is 1. The fraction of sp³-hybridized carbons (Fsp3) is 0.800. The summed E-state index contributed by atoms with van der Waals surface area (Å²) in [5.41, 5.74) is 1.04. The van der Waals surface area contributed by atoms with Crippen molar-refractivity contribution in [1.29, 1.82) is 0 Å². The average molecular weight is 282 g/mol. The molecule has 0 aromatic carbocycles.